The molecule has 0 radical (unpaired) electrons. The van der Waals surface area contributed by atoms with Crippen LogP contribution in [0.15, 0.2) is 42.5 Å². The summed E-state index contributed by atoms with van der Waals surface area (Å²) in [5.41, 5.74) is 3.34. The van der Waals surface area contributed by atoms with Crippen molar-refractivity contribution in [3.05, 3.63) is 53.6 Å². The van der Waals surface area contributed by atoms with Crippen molar-refractivity contribution < 1.29 is 14.3 Å². The van der Waals surface area contributed by atoms with Crippen LogP contribution in [0.4, 0.5) is 5.69 Å². The molecule has 5 heteroatoms. The number of carbonyl (C=O) groups is 1. The number of benzene rings is 2. The molecule has 1 aliphatic heterocycles. The summed E-state index contributed by atoms with van der Waals surface area (Å²) in [7, 11) is 0. The largest absolute Gasteiger partial charge is 0.490 e. The molecule has 2 aromatic carbocycles. The van der Waals surface area contributed by atoms with E-state index in [0.717, 1.165) is 35.7 Å². The van der Waals surface area contributed by atoms with Crippen LogP contribution in [0.2, 0.25) is 0 Å². The second-order valence-electron chi connectivity index (χ2n) is 7.05. The fourth-order valence-corrected chi connectivity index (χ4v) is 3.68. The standard InChI is InChI=1S/C23H30N2O3/c1-5-27-21-12-11-19(15-22(21)28-6-2)16(3)24-17(4)23(26)25-14-13-18-9-7-8-10-20(18)25/h7-12,15-17,24H,5-6,13-14H2,1-4H3/t16-,17-/m1/s1. The van der Waals surface area contributed by atoms with E-state index in [0.29, 0.717) is 13.2 Å². The maximum atomic E-state index is 13.0. The normalized spacial score (nSPS) is 15.1. The van der Waals surface area contributed by atoms with Gasteiger partial charge in [0.2, 0.25) is 5.91 Å². The van der Waals surface area contributed by atoms with Crippen LogP contribution in [-0.2, 0) is 11.2 Å². The van der Waals surface area contributed by atoms with Crippen LogP contribution in [0.3, 0.4) is 0 Å². The van der Waals surface area contributed by atoms with Gasteiger partial charge < -0.3 is 14.4 Å². The Morgan fingerprint density at radius 1 is 1.07 bits per heavy atom. The summed E-state index contributed by atoms with van der Waals surface area (Å²) in [6.45, 7) is 9.82. The van der Waals surface area contributed by atoms with Gasteiger partial charge in [-0.15, -0.1) is 0 Å². The number of nitrogens with one attached hydrogen (secondary N) is 1. The summed E-state index contributed by atoms with van der Waals surface area (Å²) in [4.78, 5) is 14.9. The highest BCUT2D eigenvalue weighted by Crippen LogP contribution is 2.31. The molecule has 0 spiro atoms. The smallest absolute Gasteiger partial charge is 0.243 e. The molecular formula is C23H30N2O3. The topological polar surface area (TPSA) is 50.8 Å². The summed E-state index contributed by atoms with van der Waals surface area (Å²) in [5, 5.41) is 3.44. The third-order valence-electron chi connectivity index (χ3n) is 5.09. The van der Waals surface area contributed by atoms with Crippen LogP contribution in [0.25, 0.3) is 0 Å². The monoisotopic (exact) mass is 382 g/mol. The average Bonchev–Trinajstić information content (AvgIpc) is 3.13. The molecule has 0 aliphatic carbocycles. The number of ether oxygens (including phenoxy) is 2. The van der Waals surface area contributed by atoms with Gasteiger partial charge in [0.1, 0.15) is 0 Å². The predicted molar refractivity (Wildman–Crippen MR) is 112 cm³/mol. The Morgan fingerprint density at radius 3 is 2.54 bits per heavy atom. The Balaban J connectivity index is 1.69. The number of nitrogens with zero attached hydrogens (tertiary/aromatic N) is 1. The van der Waals surface area contributed by atoms with Crippen molar-refractivity contribution in [2.45, 2.75) is 46.2 Å². The lowest BCUT2D eigenvalue weighted by atomic mass is 10.1. The second kappa shape index (κ2) is 9.11. The van der Waals surface area contributed by atoms with E-state index in [1.165, 1.54) is 5.56 Å². The molecule has 0 bridgehead atoms. The quantitative estimate of drug-likeness (QED) is 0.746. The van der Waals surface area contributed by atoms with E-state index >= 15 is 0 Å². The van der Waals surface area contributed by atoms with E-state index in [2.05, 4.69) is 18.3 Å². The van der Waals surface area contributed by atoms with Crippen molar-refractivity contribution in [1.29, 1.82) is 0 Å². The average molecular weight is 383 g/mol. The third kappa shape index (κ3) is 4.30. The summed E-state index contributed by atoms with van der Waals surface area (Å²) in [6.07, 6.45) is 0.917. The van der Waals surface area contributed by atoms with Gasteiger partial charge >= 0.3 is 0 Å². The molecule has 0 fully saturated rings. The van der Waals surface area contributed by atoms with Crippen molar-refractivity contribution in [3.63, 3.8) is 0 Å². The number of fused-ring (bicyclic) bond motifs is 1. The summed E-state index contributed by atoms with van der Waals surface area (Å²) >= 11 is 0. The first-order valence-corrected chi connectivity index (χ1v) is 10.1. The van der Waals surface area contributed by atoms with E-state index in [1.807, 2.05) is 62.1 Å². The first-order chi connectivity index (χ1) is 13.5. The van der Waals surface area contributed by atoms with Gasteiger partial charge in [-0.1, -0.05) is 24.3 Å². The van der Waals surface area contributed by atoms with Crippen LogP contribution >= 0.6 is 0 Å². The minimum absolute atomic E-state index is 0.00618. The van der Waals surface area contributed by atoms with Crippen molar-refractivity contribution >= 4 is 11.6 Å². The Morgan fingerprint density at radius 2 is 1.79 bits per heavy atom. The number of para-hydroxylation sites is 1. The molecule has 0 aromatic heterocycles. The van der Waals surface area contributed by atoms with Gasteiger partial charge in [0.25, 0.3) is 0 Å². The molecule has 2 aromatic rings. The van der Waals surface area contributed by atoms with Gasteiger partial charge in [-0.3, -0.25) is 10.1 Å². The first kappa shape index (κ1) is 20.2. The molecule has 1 amide bonds. The predicted octanol–water partition coefficient (Wildman–Crippen LogP) is 4.11. The molecule has 28 heavy (non-hydrogen) atoms. The van der Waals surface area contributed by atoms with Crippen LogP contribution in [0, 0.1) is 0 Å². The first-order valence-electron chi connectivity index (χ1n) is 10.1. The zero-order valence-corrected chi connectivity index (χ0v) is 17.2. The number of amides is 1. The van der Waals surface area contributed by atoms with Crippen molar-refractivity contribution in [2.24, 2.45) is 0 Å². The van der Waals surface area contributed by atoms with Gasteiger partial charge in [0.15, 0.2) is 11.5 Å². The molecule has 0 saturated carbocycles. The highest BCUT2D eigenvalue weighted by molar-refractivity contribution is 5.98. The summed E-state index contributed by atoms with van der Waals surface area (Å²) in [6, 6.07) is 13.8. The highest BCUT2D eigenvalue weighted by atomic mass is 16.5. The molecule has 2 atom stereocenters. The number of hydrogen-bond acceptors (Lipinski definition) is 4. The van der Waals surface area contributed by atoms with Crippen LogP contribution < -0.4 is 19.7 Å². The molecule has 3 rings (SSSR count). The minimum atomic E-state index is -0.289. The van der Waals surface area contributed by atoms with E-state index in [-0.39, 0.29) is 18.0 Å². The SMILES string of the molecule is CCOc1ccc([C@@H](C)N[C@H](C)C(=O)N2CCc3ccccc32)cc1OCC. The van der Waals surface area contributed by atoms with E-state index in [1.54, 1.807) is 0 Å². The molecular weight excluding hydrogens is 352 g/mol. The Hall–Kier alpha value is -2.53. The van der Waals surface area contributed by atoms with Crippen molar-refractivity contribution in [2.75, 3.05) is 24.7 Å². The van der Waals surface area contributed by atoms with Gasteiger partial charge in [-0.25, -0.2) is 0 Å². The lowest BCUT2D eigenvalue weighted by Gasteiger charge is -2.25. The highest BCUT2D eigenvalue weighted by Gasteiger charge is 2.28. The van der Waals surface area contributed by atoms with Crippen LogP contribution in [0.5, 0.6) is 11.5 Å². The number of rotatable bonds is 8. The molecule has 1 heterocycles. The number of hydrogen-bond donors (Lipinski definition) is 1. The Bertz CT molecular complexity index is 821. The van der Waals surface area contributed by atoms with Crippen molar-refractivity contribution in [1.82, 2.24) is 5.32 Å². The van der Waals surface area contributed by atoms with Crippen molar-refractivity contribution in [3.8, 4) is 11.5 Å². The summed E-state index contributed by atoms with van der Waals surface area (Å²) < 4.78 is 11.4. The summed E-state index contributed by atoms with van der Waals surface area (Å²) in [5.74, 6) is 1.59. The molecule has 0 unspecified atom stereocenters. The fraction of sp³-hybridized carbons (Fsp3) is 0.435. The van der Waals surface area contributed by atoms with Gasteiger partial charge in [-0.05, 0) is 63.4 Å². The molecule has 5 nitrogen and oxygen atoms in total. The van der Waals surface area contributed by atoms with E-state index in [4.69, 9.17) is 9.47 Å². The second-order valence-corrected chi connectivity index (χ2v) is 7.05. The van der Waals surface area contributed by atoms with Crippen LogP contribution in [-0.4, -0.2) is 31.7 Å². The van der Waals surface area contributed by atoms with E-state index in [9.17, 15) is 4.79 Å². The third-order valence-corrected chi connectivity index (χ3v) is 5.09. The lowest BCUT2D eigenvalue weighted by molar-refractivity contribution is -0.120. The molecule has 150 valence electrons. The van der Waals surface area contributed by atoms with Gasteiger partial charge in [0.05, 0.1) is 19.3 Å². The molecule has 1 N–H and O–H groups in total. The van der Waals surface area contributed by atoms with Gasteiger partial charge in [-0.2, -0.15) is 0 Å². The minimum Gasteiger partial charge on any atom is -0.490 e. The number of carbonyl (C=O) groups excluding carboxylic acids is 1. The van der Waals surface area contributed by atoms with Crippen LogP contribution in [0.1, 0.15) is 44.9 Å². The maximum absolute atomic E-state index is 13.0. The molecule has 0 saturated heterocycles. The number of anilines is 1. The van der Waals surface area contributed by atoms with Gasteiger partial charge in [0, 0.05) is 18.3 Å². The zero-order valence-electron chi connectivity index (χ0n) is 17.2. The zero-order chi connectivity index (χ0) is 20.1. The fourth-order valence-electron chi connectivity index (χ4n) is 3.68. The maximum Gasteiger partial charge on any atom is 0.243 e. The lowest BCUT2D eigenvalue weighted by Crippen LogP contribution is -2.45. The van der Waals surface area contributed by atoms with E-state index < -0.39 is 0 Å². The Kier molecular flexibility index (Phi) is 6.57. The Labute approximate surface area is 167 Å². The molecule has 1 aliphatic rings.